The van der Waals surface area contributed by atoms with Gasteiger partial charge in [-0.25, -0.2) is 9.37 Å². The maximum Gasteiger partial charge on any atom is 0.224 e. The molecule has 0 unspecified atom stereocenters. The highest BCUT2D eigenvalue weighted by atomic mass is 127. The lowest BCUT2D eigenvalue weighted by Gasteiger charge is -2.12. The summed E-state index contributed by atoms with van der Waals surface area (Å²) in [5.41, 5.74) is 0.661. The summed E-state index contributed by atoms with van der Waals surface area (Å²) < 4.78 is 13.1. The van der Waals surface area contributed by atoms with Crippen molar-refractivity contribution in [3.63, 3.8) is 0 Å². The molecular formula is C20H29FIN5OS. The number of hydrogen-bond donors (Lipinski definition) is 3. The molecule has 1 heterocycles. The molecule has 2 rings (SSSR count). The van der Waals surface area contributed by atoms with Crippen LogP contribution in [-0.2, 0) is 24.1 Å². The molecule has 0 atom stereocenters. The van der Waals surface area contributed by atoms with Crippen LogP contribution in [0.15, 0.2) is 35.5 Å². The van der Waals surface area contributed by atoms with E-state index in [9.17, 15) is 9.18 Å². The van der Waals surface area contributed by atoms with Gasteiger partial charge in [-0.05, 0) is 31.0 Å². The molecule has 1 aromatic heterocycles. The number of rotatable bonds is 10. The Morgan fingerprint density at radius 1 is 1.21 bits per heavy atom. The van der Waals surface area contributed by atoms with Gasteiger partial charge in [0, 0.05) is 43.7 Å². The number of aliphatic imine (C=N–C) groups is 1. The van der Waals surface area contributed by atoms with Crippen molar-refractivity contribution < 1.29 is 9.18 Å². The normalized spacial score (nSPS) is 10.9. The second-order valence-corrected chi connectivity index (χ2v) is 7.37. The number of carbonyl (C=O) groups excluding carboxylic acids is 1. The van der Waals surface area contributed by atoms with Crippen LogP contribution in [0.2, 0.25) is 0 Å². The Morgan fingerprint density at radius 2 is 2.00 bits per heavy atom. The van der Waals surface area contributed by atoms with Crippen LogP contribution in [-0.4, -0.2) is 43.0 Å². The van der Waals surface area contributed by atoms with Crippen molar-refractivity contribution in [1.82, 2.24) is 20.9 Å². The van der Waals surface area contributed by atoms with Crippen LogP contribution in [0, 0.1) is 5.82 Å². The Balaban J connectivity index is 0.00000420. The van der Waals surface area contributed by atoms with Gasteiger partial charge in [0.15, 0.2) is 5.96 Å². The van der Waals surface area contributed by atoms with Crippen molar-refractivity contribution in [3.05, 3.63) is 51.7 Å². The molecule has 6 nitrogen and oxygen atoms in total. The lowest BCUT2D eigenvalue weighted by atomic mass is 10.1. The van der Waals surface area contributed by atoms with Gasteiger partial charge in [-0.2, -0.15) is 0 Å². The smallest absolute Gasteiger partial charge is 0.224 e. The van der Waals surface area contributed by atoms with Gasteiger partial charge >= 0.3 is 0 Å². The zero-order valence-corrected chi connectivity index (χ0v) is 20.0. The maximum atomic E-state index is 13.1. The van der Waals surface area contributed by atoms with Crippen LogP contribution in [0.1, 0.15) is 29.3 Å². The summed E-state index contributed by atoms with van der Waals surface area (Å²) in [4.78, 5) is 22.2. The SMILES string of the molecule is CCNC(=NCCc1ncc(CC)s1)NCCNC(=O)Cc1cccc(F)c1.I. The number of guanidine groups is 1. The summed E-state index contributed by atoms with van der Waals surface area (Å²) in [6.45, 7) is 6.56. The number of thiazole rings is 1. The number of carbonyl (C=O) groups is 1. The highest BCUT2D eigenvalue weighted by Gasteiger charge is 2.04. The van der Waals surface area contributed by atoms with Gasteiger partial charge in [-0.3, -0.25) is 9.79 Å². The van der Waals surface area contributed by atoms with Crippen molar-refractivity contribution in [2.75, 3.05) is 26.2 Å². The molecule has 0 bridgehead atoms. The fraction of sp³-hybridized carbons (Fsp3) is 0.450. The number of amides is 1. The minimum Gasteiger partial charge on any atom is -0.357 e. The van der Waals surface area contributed by atoms with E-state index in [1.807, 2.05) is 13.1 Å². The molecule has 9 heteroatoms. The molecule has 2 aromatic rings. The summed E-state index contributed by atoms with van der Waals surface area (Å²) in [5.74, 6) is 0.251. The molecule has 3 N–H and O–H groups in total. The van der Waals surface area contributed by atoms with E-state index in [0.717, 1.165) is 24.4 Å². The third kappa shape index (κ3) is 10.0. The molecule has 1 amide bonds. The minimum atomic E-state index is -0.331. The fourth-order valence-corrected chi connectivity index (χ4v) is 3.36. The van der Waals surface area contributed by atoms with Gasteiger partial charge in [0.1, 0.15) is 5.82 Å². The average Bonchev–Trinajstić information content (AvgIpc) is 3.13. The van der Waals surface area contributed by atoms with E-state index in [2.05, 4.69) is 32.9 Å². The molecule has 0 fully saturated rings. The number of nitrogens with zero attached hydrogens (tertiary/aromatic N) is 2. The lowest BCUT2D eigenvalue weighted by Crippen LogP contribution is -2.41. The highest BCUT2D eigenvalue weighted by molar-refractivity contribution is 14.0. The van der Waals surface area contributed by atoms with Gasteiger partial charge in [-0.15, -0.1) is 35.3 Å². The quantitative estimate of drug-likeness (QED) is 0.190. The topological polar surface area (TPSA) is 78.4 Å². The first-order chi connectivity index (χ1) is 13.6. The second kappa shape index (κ2) is 14.3. The van der Waals surface area contributed by atoms with Crippen LogP contribution in [0.25, 0.3) is 0 Å². The zero-order chi connectivity index (χ0) is 20.2. The molecule has 0 aliphatic heterocycles. The first-order valence-electron chi connectivity index (χ1n) is 9.57. The van der Waals surface area contributed by atoms with Crippen LogP contribution in [0.5, 0.6) is 0 Å². The summed E-state index contributed by atoms with van der Waals surface area (Å²) in [5, 5.41) is 10.3. The summed E-state index contributed by atoms with van der Waals surface area (Å²) in [6.07, 6.45) is 3.92. The third-order valence-corrected chi connectivity index (χ3v) is 5.08. The summed E-state index contributed by atoms with van der Waals surface area (Å²) >= 11 is 1.73. The van der Waals surface area contributed by atoms with Gasteiger partial charge < -0.3 is 16.0 Å². The number of benzene rings is 1. The van der Waals surface area contributed by atoms with Crippen molar-refractivity contribution in [1.29, 1.82) is 0 Å². The predicted molar refractivity (Wildman–Crippen MR) is 128 cm³/mol. The third-order valence-electron chi connectivity index (χ3n) is 3.88. The number of nitrogens with one attached hydrogen (secondary N) is 3. The van der Waals surface area contributed by atoms with E-state index in [4.69, 9.17) is 0 Å². The molecule has 0 aliphatic rings. The van der Waals surface area contributed by atoms with E-state index in [0.29, 0.717) is 31.2 Å². The van der Waals surface area contributed by atoms with Gasteiger partial charge in [0.25, 0.3) is 0 Å². The molecular weight excluding hydrogens is 504 g/mol. The summed E-state index contributed by atoms with van der Waals surface area (Å²) in [7, 11) is 0. The molecule has 29 heavy (non-hydrogen) atoms. The van der Waals surface area contributed by atoms with E-state index in [-0.39, 0.29) is 42.1 Å². The van der Waals surface area contributed by atoms with Crippen molar-refractivity contribution >= 4 is 47.2 Å². The van der Waals surface area contributed by atoms with Crippen LogP contribution < -0.4 is 16.0 Å². The average molecular weight is 533 g/mol. The Morgan fingerprint density at radius 3 is 2.69 bits per heavy atom. The monoisotopic (exact) mass is 533 g/mol. The van der Waals surface area contributed by atoms with Gasteiger partial charge in [0.05, 0.1) is 11.4 Å². The first-order valence-corrected chi connectivity index (χ1v) is 10.4. The number of hydrogen-bond acceptors (Lipinski definition) is 4. The van der Waals surface area contributed by atoms with Crippen LogP contribution in [0.3, 0.4) is 0 Å². The molecule has 0 aliphatic carbocycles. The van der Waals surface area contributed by atoms with Crippen molar-refractivity contribution in [2.24, 2.45) is 4.99 Å². The van der Waals surface area contributed by atoms with Gasteiger partial charge in [0.2, 0.25) is 5.91 Å². The second-order valence-electron chi connectivity index (χ2n) is 6.17. The van der Waals surface area contributed by atoms with Crippen molar-refractivity contribution in [3.8, 4) is 0 Å². The lowest BCUT2D eigenvalue weighted by molar-refractivity contribution is -0.120. The maximum absolute atomic E-state index is 13.1. The molecule has 1 aromatic carbocycles. The van der Waals surface area contributed by atoms with E-state index < -0.39 is 0 Å². The number of aryl methyl sites for hydroxylation is 1. The highest BCUT2D eigenvalue weighted by Crippen LogP contribution is 2.13. The Hall–Kier alpha value is -1.75. The van der Waals surface area contributed by atoms with Crippen molar-refractivity contribution in [2.45, 2.75) is 33.1 Å². The number of aromatic nitrogens is 1. The Labute approximate surface area is 192 Å². The Bertz CT molecular complexity index is 784. The summed E-state index contributed by atoms with van der Waals surface area (Å²) in [6, 6.07) is 6.08. The molecule has 0 saturated carbocycles. The predicted octanol–water partition coefficient (Wildman–Crippen LogP) is 2.92. The molecule has 160 valence electrons. The minimum absolute atomic E-state index is 0. The number of halogens is 2. The van der Waals surface area contributed by atoms with Gasteiger partial charge in [-0.1, -0.05) is 19.1 Å². The van der Waals surface area contributed by atoms with E-state index in [1.54, 1.807) is 23.5 Å². The standard InChI is InChI=1S/C20H28FN5OS.HI/c1-3-17-14-26-19(28-17)8-9-24-20(22-4-2)25-11-10-23-18(27)13-15-6-5-7-16(21)12-15;/h5-7,12,14H,3-4,8-11,13H2,1-2H3,(H,23,27)(H2,22,24,25);1H. The van der Waals surface area contributed by atoms with Crippen LogP contribution in [0.4, 0.5) is 4.39 Å². The molecule has 0 saturated heterocycles. The zero-order valence-electron chi connectivity index (χ0n) is 16.8. The van der Waals surface area contributed by atoms with Crippen LogP contribution >= 0.6 is 35.3 Å². The van der Waals surface area contributed by atoms with E-state index >= 15 is 0 Å². The largest absolute Gasteiger partial charge is 0.357 e. The Kier molecular flexibility index (Phi) is 12.4. The molecule has 0 spiro atoms. The fourth-order valence-electron chi connectivity index (χ4n) is 2.51. The first kappa shape index (κ1) is 25.3. The van der Waals surface area contributed by atoms with E-state index in [1.165, 1.54) is 17.0 Å². The molecule has 0 radical (unpaired) electrons.